The van der Waals surface area contributed by atoms with Crippen LogP contribution < -0.4 is 10.6 Å². The van der Waals surface area contributed by atoms with Crippen molar-refractivity contribution in [2.45, 2.75) is 50.5 Å². The molecule has 104 valence electrons. The number of hydrogen-bond donors (Lipinski definition) is 2. The Morgan fingerprint density at radius 1 is 1.21 bits per heavy atom. The van der Waals surface area contributed by atoms with Gasteiger partial charge in [0.1, 0.15) is 5.82 Å². The lowest BCUT2D eigenvalue weighted by molar-refractivity contribution is 0.406. The van der Waals surface area contributed by atoms with Crippen molar-refractivity contribution >= 4 is 5.95 Å². The highest BCUT2D eigenvalue weighted by Gasteiger charge is 2.41. The third-order valence-electron chi connectivity index (χ3n) is 5.32. The van der Waals surface area contributed by atoms with E-state index in [4.69, 9.17) is 10.7 Å². The Labute approximate surface area is 114 Å². The van der Waals surface area contributed by atoms with Crippen LogP contribution in [-0.2, 0) is 0 Å². The van der Waals surface area contributed by atoms with Gasteiger partial charge in [-0.05, 0) is 43.9 Å². The van der Waals surface area contributed by atoms with Crippen molar-refractivity contribution in [3.8, 4) is 0 Å². The molecule has 1 saturated heterocycles. The predicted molar refractivity (Wildman–Crippen MR) is 74.0 cm³/mol. The third kappa shape index (κ3) is 2.04. The van der Waals surface area contributed by atoms with E-state index in [-0.39, 0.29) is 6.04 Å². The summed E-state index contributed by atoms with van der Waals surface area (Å²) in [7, 11) is 0. The molecule has 1 aliphatic heterocycles. The Morgan fingerprint density at radius 2 is 2.16 bits per heavy atom. The molecule has 3 N–H and O–H groups in total. The molecule has 1 aromatic heterocycles. The Hall–Kier alpha value is -1.10. The van der Waals surface area contributed by atoms with E-state index in [1.807, 2.05) is 0 Å². The van der Waals surface area contributed by atoms with Crippen molar-refractivity contribution in [3.05, 3.63) is 5.82 Å². The number of fused-ring (bicyclic) bond motifs is 2. The highest BCUT2D eigenvalue weighted by molar-refractivity contribution is 5.31. The first-order valence-corrected chi connectivity index (χ1v) is 7.72. The molecule has 0 spiro atoms. The number of nitrogens with one attached hydrogen (secondary N) is 1. The standard InChI is InChI=1S/C14H23N5/c15-11-2-1-5-19(8-11)14-16-13(17-18-14)12-7-9-3-4-10(12)6-9/h9-12H,1-8,15H2,(H,16,17,18). The van der Waals surface area contributed by atoms with Gasteiger partial charge in [-0.1, -0.05) is 6.42 Å². The molecule has 4 atom stereocenters. The molecule has 3 aliphatic rings. The van der Waals surface area contributed by atoms with Crippen LogP contribution in [0.25, 0.3) is 0 Å². The van der Waals surface area contributed by atoms with E-state index in [1.54, 1.807) is 0 Å². The molecule has 2 bridgehead atoms. The number of nitrogens with two attached hydrogens (primary N) is 1. The summed E-state index contributed by atoms with van der Waals surface area (Å²) in [6.45, 7) is 1.94. The lowest BCUT2D eigenvalue weighted by Crippen LogP contribution is -2.43. The topological polar surface area (TPSA) is 70.8 Å². The summed E-state index contributed by atoms with van der Waals surface area (Å²) in [6, 6.07) is 0.276. The van der Waals surface area contributed by atoms with Gasteiger partial charge in [-0.2, -0.15) is 4.98 Å². The number of hydrogen-bond acceptors (Lipinski definition) is 4. The zero-order valence-corrected chi connectivity index (χ0v) is 11.4. The first kappa shape index (κ1) is 11.7. The summed E-state index contributed by atoms with van der Waals surface area (Å²) in [5.41, 5.74) is 6.03. The normalized spacial score (nSPS) is 38.1. The average molecular weight is 261 g/mol. The molecule has 5 heteroatoms. The van der Waals surface area contributed by atoms with Gasteiger partial charge in [0, 0.05) is 25.0 Å². The van der Waals surface area contributed by atoms with Gasteiger partial charge in [0.2, 0.25) is 5.95 Å². The Bertz CT molecular complexity index is 456. The van der Waals surface area contributed by atoms with Crippen LogP contribution in [0.3, 0.4) is 0 Å². The van der Waals surface area contributed by atoms with E-state index in [2.05, 4.69) is 15.1 Å². The Morgan fingerprint density at radius 3 is 2.89 bits per heavy atom. The van der Waals surface area contributed by atoms with Gasteiger partial charge in [0.05, 0.1) is 0 Å². The molecule has 1 aromatic rings. The van der Waals surface area contributed by atoms with Crippen LogP contribution in [-0.4, -0.2) is 34.3 Å². The van der Waals surface area contributed by atoms with Gasteiger partial charge < -0.3 is 10.6 Å². The Balaban J connectivity index is 1.50. The molecule has 0 amide bonds. The molecule has 0 radical (unpaired) electrons. The molecule has 2 saturated carbocycles. The second kappa shape index (κ2) is 4.47. The lowest BCUT2D eigenvalue weighted by atomic mass is 9.88. The largest absolute Gasteiger partial charge is 0.338 e. The van der Waals surface area contributed by atoms with Crippen LogP contribution in [0.2, 0.25) is 0 Å². The zero-order valence-electron chi connectivity index (χ0n) is 11.4. The summed E-state index contributed by atoms with van der Waals surface area (Å²) in [6.07, 6.45) is 7.83. The first-order valence-electron chi connectivity index (χ1n) is 7.72. The van der Waals surface area contributed by atoms with E-state index in [9.17, 15) is 0 Å². The number of aromatic nitrogens is 3. The molecule has 2 aliphatic carbocycles. The minimum atomic E-state index is 0.276. The minimum Gasteiger partial charge on any atom is -0.338 e. The molecule has 2 heterocycles. The predicted octanol–water partition coefficient (Wildman–Crippen LogP) is 1.64. The molecule has 5 nitrogen and oxygen atoms in total. The fourth-order valence-corrected chi connectivity index (χ4v) is 4.34. The first-order chi connectivity index (χ1) is 9.29. The second-order valence-electron chi connectivity index (χ2n) is 6.65. The molecule has 0 aromatic carbocycles. The van der Waals surface area contributed by atoms with Crippen molar-refractivity contribution in [1.82, 2.24) is 15.2 Å². The van der Waals surface area contributed by atoms with Gasteiger partial charge in [0.25, 0.3) is 0 Å². The summed E-state index contributed by atoms with van der Waals surface area (Å²) >= 11 is 0. The fourth-order valence-electron chi connectivity index (χ4n) is 4.34. The summed E-state index contributed by atoms with van der Waals surface area (Å²) in [5.74, 6) is 4.44. The van der Waals surface area contributed by atoms with E-state index < -0.39 is 0 Å². The smallest absolute Gasteiger partial charge is 0.244 e. The van der Waals surface area contributed by atoms with Crippen LogP contribution in [0.5, 0.6) is 0 Å². The third-order valence-corrected chi connectivity index (χ3v) is 5.32. The fraction of sp³-hybridized carbons (Fsp3) is 0.857. The van der Waals surface area contributed by atoms with Crippen molar-refractivity contribution in [2.24, 2.45) is 17.6 Å². The maximum Gasteiger partial charge on any atom is 0.244 e. The summed E-state index contributed by atoms with van der Waals surface area (Å²) in [5, 5.41) is 7.64. The van der Waals surface area contributed by atoms with Gasteiger partial charge >= 0.3 is 0 Å². The van der Waals surface area contributed by atoms with Crippen LogP contribution in [0.4, 0.5) is 5.95 Å². The highest BCUT2D eigenvalue weighted by Crippen LogP contribution is 2.52. The number of H-pyrrole nitrogens is 1. The number of rotatable bonds is 2. The molecular weight excluding hydrogens is 238 g/mol. The lowest BCUT2D eigenvalue weighted by Gasteiger charge is -2.29. The molecule has 4 unspecified atom stereocenters. The molecule has 3 fully saturated rings. The molecule has 4 rings (SSSR count). The summed E-state index contributed by atoms with van der Waals surface area (Å²) < 4.78 is 0. The monoisotopic (exact) mass is 261 g/mol. The van der Waals surface area contributed by atoms with Crippen molar-refractivity contribution in [1.29, 1.82) is 0 Å². The number of aromatic amines is 1. The van der Waals surface area contributed by atoms with Gasteiger partial charge in [-0.25, -0.2) is 0 Å². The maximum absolute atomic E-state index is 6.03. The highest BCUT2D eigenvalue weighted by atomic mass is 15.4. The van der Waals surface area contributed by atoms with E-state index in [0.717, 1.165) is 49.5 Å². The maximum atomic E-state index is 6.03. The minimum absolute atomic E-state index is 0.276. The summed E-state index contributed by atoms with van der Waals surface area (Å²) in [4.78, 5) is 7.01. The van der Waals surface area contributed by atoms with Crippen LogP contribution >= 0.6 is 0 Å². The van der Waals surface area contributed by atoms with Gasteiger partial charge in [0.15, 0.2) is 0 Å². The van der Waals surface area contributed by atoms with Gasteiger partial charge in [-0.15, -0.1) is 5.10 Å². The number of piperidine rings is 1. The van der Waals surface area contributed by atoms with Crippen molar-refractivity contribution < 1.29 is 0 Å². The van der Waals surface area contributed by atoms with E-state index >= 15 is 0 Å². The van der Waals surface area contributed by atoms with Crippen molar-refractivity contribution in [2.75, 3.05) is 18.0 Å². The van der Waals surface area contributed by atoms with Gasteiger partial charge in [-0.3, -0.25) is 5.10 Å². The second-order valence-corrected chi connectivity index (χ2v) is 6.65. The SMILES string of the molecule is NC1CCCN(c2n[nH]c(C3CC4CCC3C4)n2)C1. The average Bonchev–Trinajstić information content (AvgIpc) is 3.14. The van der Waals surface area contributed by atoms with Crippen LogP contribution in [0.1, 0.15) is 50.3 Å². The van der Waals surface area contributed by atoms with E-state index in [0.29, 0.717) is 5.92 Å². The molecular formula is C14H23N5. The number of anilines is 1. The number of nitrogens with zero attached hydrogens (tertiary/aromatic N) is 3. The zero-order chi connectivity index (χ0) is 12.8. The Kier molecular flexibility index (Phi) is 2.76. The molecule has 19 heavy (non-hydrogen) atoms. The van der Waals surface area contributed by atoms with Crippen molar-refractivity contribution in [3.63, 3.8) is 0 Å². The van der Waals surface area contributed by atoms with E-state index in [1.165, 1.54) is 25.7 Å². The quantitative estimate of drug-likeness (QED) is 0.849. The van der Waals surface area contributed by atoms with Crippen LogP contribution in [0, 0.1) is 11.8 Å². The van der Waals surface area contributed by atoms with Crippen LogP contribution in [0.15, 0.2) is 0 Å².